The average Bonchev–Trinajstić information content (AvgIpc) is 3.64. The van der Waals surface area contributed by atoms with Gasteiger partial charge in [0.2, 0.25) is 5.95 Å². The van der Waals surface area contributed by atoms with Gasteiger partial charge in [0.05, 0.1) is 17.6 Å². The normalized spacial score (nSPS) is 12.3. The van der Waals surface area contributed by atoms with Crippen LogP contribution in [0.1, 0.15) is 63.7 Å². The molecule has 0 amide bonds. The lowest BCUT2D eigenvalue weighted by Crippen LogP contribution is -2.31. The SMILES string of the molecule is CCOc1ccccc1.FC(F)(F)c1ccnc(N2CCCCC2)n1.O=C(c1ccccc1)c1ccccc1.O=C1c2ccccc2-c2ccccc21.c1ccc2nccnc2c1. The number of carbonyl (C=O) groups is 2. The number of anilines is 1. The van der Waals surface area contributed by atoms with Crippen molar-refractivity contribution in [3.8, 4) is 16.9 Å². The van der Waals surface area contributed by atoms with Gasteiger partial charge in [-0.25, -0.2) is 9.97 Å². The predicted octanol–water partition coefficient (Wildman–Crippen LogP) is 12.0. The number of aromatic nitrogens is 4. The first kappa shape index (κ1) is 45.0. The Hall–Kier alpha value is -7.53. The number of alkyl halides is 3. The third kappa shape index (κ3) is 13.0. The summed E-state index contributed by atoms with van der Waals surface area (Å²) >= 11 is 0. The fourth-order valence-corrected chi connectivity index (χ4v) is 6.67. The van der Waals surface area contributed by atoms with Gasteiger partial charge < -0.3 is 9.64 Å². The Bertz CT molecular complexity index is 2500. The quantitative estimate of drug-likeness (QED) is 0.158. The van der Waals surface area contributed by atoms with E-state index < -0.39 is 11.9 Å². The molecule has 1 aliphatic heterocycles. The summed E-state index contributed by atoms with van der Waals surface area (Å²) in [5, 5.41) is 0. The summed E-state index contributed by atoms with van der Waals surface area (Å²) in [7, 11) is 0. The lowest BCUT2D eigenvalue weighted by Gasteiger charge is -2.26. The average molecular weight is 846 g/mol. The van der Waals surface area contributed by atoms with Crippen LogP contribution in [0.4, 0.5) is 19.1 Å². The van der Waals surface area contributed by atoms with Crippen molar-refractivity contribution in [2.24, 2.45) is 0 Å². The second-order valence-corrected chi connectivity index (χ2v) is 14.1. The van der Waals surface area contributed by atoms with Crippen molar-refractivity contribution in [3.63, 3.8) is 0 Å². The molecule has 0 radical (unpaired) electrons. The molecule has 0 saturated carbocycles. The Morgan fingerprint density at radius 2 is 1.00 bits per heavy atom. The van der Waals surface area contributed by atoms with Gasteiger partial charge in [-0.3, -0.25) is 19.6 Å². The number of rotatable bonds is 5. The largest absolute Gasteiger partial charge is 0.494 e. The van der Waals surface area contributed by atoms with Crippen LogP contribution in [-0.4, -0.2) is 51.2 Å². The van der Waals surface area contributed by atoms with Crippen molar-refractivity contribution in [1.82, 2.24) is 19.9 Å². The number of fused-ring (bicyclic) bond motifs is 4. The van der Waals surface area contributed by atoms with Crippen LogP contribution in [0, 0.1) is 0 Å². The van der Waals surface area contributed by atoms with E-state index in [4.69, 9.17) is 4.74 Å². The second-order valence-electron chi connectivity index (χ2n) is 14.1. The van der Waals surface area contributed by atoms with E-state index >= 15 is 0 Å². The fourth-order valence-electron chi connectivity index (χ4n) is 6.67. The van der Waals surface area contributed by atoms with Gasteiger partial charge in [0.1, 0.15) is 11.4 Å². The number of hydrogen-bond donors (Lipinski definition) is 0. The molecule has 0 spiro atoms. The zero-order valence-corrected chi connectivity index (χ0v) is 34.7. The topological polar surface area (TPSA) is 98.2 Å². The maximum atomic E-state index is 12.4. The molecule has 6 aromatic carbocycles. The molecule has 2 aromatic heterocycles. The molecule has 2 aliphatic rings. The van der Waals surface area contributed by atoms with E-state index in [0.29, 0.717) is 0 Å². The monoisotopic (exact) mass is 845 g/mol. The summed E-state index contributed by atoms with van der Waals surface area (Å²) in [5.74, 6) is 1.36. The van der Waals surface area contributed by atoms with Crippen LogP contribution in [0.2, 0.25) is 0 Å². The molecule has 0 bridgehead atoms. The molecule has 8 nitrogen and oxygen atoms in total. The third-order valence-electron chi connectivity index (χ3n) is 9.71. The maximum absolute atomic E-state index is 12.4. The summed E-state index contributed by atoms with van der Waals surface area (Å²) in [4.78, 5) is 41.2. The molecule has 318 valence electrons. The molecule has 63 heavy (non-hydrogen) atoms. The van der Waals surface area contributed by atoms with Crippen LogP contribution in [0.15, 0.2) is 188 Å². The Kier molecular flexibility index (Phi) is 16.4. The van der Waals surface area contributed by atoms with Gasteiger partial charge in [-0.1, -0.05) is 140 Å². The first-order chi connectivity index (χ1) is 30.7. The predicted molar refractivity (Wildman–Crippen MR) is 242 cm³/mol. The molecule has 11 heteroatoms. The Morgan fingerprint density at radius 3 is 1.48 bits per heavy atom. The van der Waals surface area contributed by atoms with Gasteiger partial charge in [0, 0.05) is 53.9 Å². The molecule has 0 unspecified atom stereocenters. The minimum atomic E-state index is -4.40. The highest BCUT2D eigenvalue weighted by atomic mass is 19.4. The summed E-state index contributed by atoms with van der Waals surface area (Å²) in [6, 6.07) is 52.6. The van der Waals surface area contributed by atoms with Crippen LogP contribution in [0.5, 0.6) is 5.75 Å². The number of ketones is 2. The lowest BCUT2D eigenvalue weighted by atomic mass is 10.0. The molecule has 3 heterocycles. The van der Waals surface area contributed by atoms with E-state index in [0.717, 1.165) is 95.2 Å². The zero-order chi connectivity index (χ0) is 44.3. The number of para-hydroxylation sites is 3. The van der Waals surface area contributed by atoms with Gasteiger partial charge in [-0.2, -0.15) is 13.2 Å². The van der Waals surface area contributed by atoms with Crippen molar-refractivity contribution < 1.29 is 27.5 Å². The number of hydrogen-bond acceptors (Lipinski definition) is 8. The smallest absolute Gasteiger partial charge is 0.433 e. The molecule has 1 saturated heterocycles. The highest BCUT2D eigenvalue weighted by molar-refractivity contribution is 6.21. The Balaban J connectivity index is 0.000000133. The first-order valence-electron chi connectivity index (χ1n) is 20.6. The van der Waals surface area contributed by atoms with Crippen molar-refractivity contribution >= 4 is 28.5 Å². The number of halogens is 3. The molecular formula is C52H46F3N5O3. The molecular weight excluding hydrogens is 800 g/mol. The van der Waals surface area contributed by atoms with Gasteiger partial charge in [-0.15, -0.1) is 0 Å². The number of piperidine rings is 1. The fraction of sp³-hybridized carbons (Fsp3) is 0.154. The summed E-state index contributed by atoms with van der Waals surface area (Å²) in [6.45, 7) is 4.19. The van der Waals surface area contributed by atoms with Crippen molar-refractivity contribution in [2.75, 3.05) is 24.6 Å². The third-order valence-corrected chi connectivity index (χ3v) is 9.71. The van der Waals surface area contributed by atoms with Crippen molar-refractivity contribution in [2.45, 2.75) is 32.4 Å². The van der Waals surface area contributed by atoms with E-state index in [1.54, 1.807) is 17.3 Å². The minimum Gasteiger partial charge on any atom is -0.494 e. The molecule has 10 rings (SSSR count). The zero-order valence-electron chi connectivity index (χ0n) is 34.7. The van der Waals surface area contributed by atoms with Gasteiger partial charge in [-0.05, 0) is 67.6 Å². The standard InChI is InChI=1S/C13H8O.C13H10O.C10H12F3N3.C8H6N2.C8H10O/c14-13-11-7-3-1-5-9(11)10-6-2-4-8-12(10)13;14-13(11-7-3-1-4-8-11)12-9-5-2-6-10-12;11-10(12,13)8-4-5-14-9(15-8)16-6-2-1-3-7-16;1-2-4-8-7(3-1)9-5-6-10-8;1-2-9-8-6-4-3-5-7-8/h1-8H;1-10H;4-5H,1-3,6-7H2;1-6H;3-7H,2H2,1H3. The first-order valence-corrected chi connectivity index (χ1v) is 20.6. The highest BCUT2D eigenvalue weighted by Gasteiger charge is 2.33. The maximum Gasteiger partial charge on any atom is 0.433 e. The van der Waals surface area contributed by atoms with Gasteiger partial charge in [0.25, 0.3) is 0 Å². The number of nitrogens with zero attached hydrogens (tertiary/aromatic N) is 5. The molecule has 0 N–H and O–H groups in total. The van der Waals surface area contributed by atoms with Crippen LogP contribution >= 0.6 is 0 Å². The highest BCUT2D eigenvalue weighted by Crippen LogP contribution is 2.35. The van der Waals surface area contributed by atoms with Crippen LogP contribution in [0.25, 0.3) is 22.2 Å². The van der Waals surface area contributed by atoms with Gasteiger partial charge >= 0.3 is 6.18 Å². The van der Waals surface area contributed by atoms with E-state index in [9.17, 15) is 22.8 Å². The van der Waals surface area contributed by atoms with E-state index in [1.165, 1.54) is 6.20 Å². The summed E-state index contributed by atoms with van der Waals surface area (Å²) < 4.78 is 42.5. The van der Waals surface area contributed by atoms with E-state index in [2.05, 4.69) is 19.9 Å². The summed E-state index contributed by atoms with van der Waals surface area (Å²) in [6.07, 6.45) is 3.26. The molecule has 1 fully saturated rings. The summed E-state index contributed by atoms with van der Waals surface area (Å²) in [5.41, 5.74) is 6.28. The lowest BCUT2D eigenvalue weighted by molar-refractivity contribution is -0.141. The minimum absolute atomic E-state index is 0.0752. The Morgan fingerprint density at radius 1 is 0.556 bits per heavy atom. The van der Waals surface area contributed by atoms with Crippen LogP contribution in [-0.2, 0) is 6.18 Å². The second kappa shape index (κ2) is 22.9. The molecule has 0 atom stereocenters. The van der Waals surface area contributed by atoms with Gasteiger partial charge in [0.15, 0.2) is 11.6 Å². The number of ether oxygens (including phenoxy) is 1. The van der Waals surface area contributed by atoms with E-state index in [1.807, 2.05) is 171 Å². The Labute approximate surface area is 365 Å². The van der Waals surface area contributed by atoms with Crippen molar-refractivity contribution in [3.05, 3.63) is 216 Å². The molecule has 8 aromatic rings. The molecule has 1 aliphatic carbocycles. The van der Waals surface area contributed by atoms with Crippen LogP contribution in [0.3, 0.4) is 0 Å². The van der Waals surface area contributed by atoms with Crippen LogP contribution < -0.4 is 9.64 Å². The number of benzene rings is 6. The number of carbonyl (C=O) groups excluding carboxylic acids is 2. The van der Waals surface area contributed by atoms with Crippen molar-refractivity contribution in [1.29, 1.82) is 0 Å². The van der Waals surface area contributed by atoms with E-state index in [-0.39, 0.29) is 17.5 Å².